The van der Waals surface area contributed by atoms with Gasteiger partial charge >= 0.3 is 0 Å². The summed E-state index contributed by atoms with van der Waals surface area (Å²) in [6, 6.07) is 18.4. The number of aromatic nitrogens is 5. The number of para-hydroxylation sites is 1. The van der Waals surface area contributed by atoms with Crippen LogP contribution in [0.2, 0.25) is 0 Å². The molecule has 0 saturated carbocycles. The quantitative estimate of drug-likeness (QED) is 0.273. The van der Waals surface area contributed by atoms with Crippen molar-refractivity contribution in [2.75, 3.05) is 7.11 Å². The molecule has 0 aliphatic rings. The van der Waals surface area contributed by atoms with E-state index in [1.54, 1.807) is 19.4 Å². The van der Waals surface area contributed by atoms with Crippen molar-refractivity contribution >= 4 is 22.7 Å². The summed E-state index contributed by atoms with van der Waals surface area (Å²) in [4.78, 5) is 22.4. The van der Waals surface area contributed by atoms with Crippen LogP contribution in [0.5, 0.6) is 5.75 Å². The standard InChI is InChI=1S/C24H19N5O3S/c1-15-7-12-20(25-13-15)29-23(30)18-5-3-4-6-19(18)26-24(29)33-14-21-27-28-22(32-21)16-8-10-17(31-2)11-9-16/h3-13H,14H2,1-2H3. The Kier molecular flexibility index (Phi) is 5.62. The molecule has 164 valence electrons. The molecule has 0 N–H and O–H groups in total. The first kappa shape index (κ1) is 20.9. The number of methoxy groups -OCH3 is 1. The lowest BCUT2D eigenvalue weighted by Gasteiger charge is -2.12. The molecule has 9 heteroatoms. The van der Waals surface area contributed by atoms with Gasteiger partial charge in [0.15, 0.2) is 5.16 Å². The average molecular weight is 458 g/mol. The minimum Gasteiger partial charge on any atom is -0.497 e. The summed E-state index contributed by atoms with van der Waals surface area (Å²) in [5.41, 5.74) is 2.25. The number of fused-ring (bicyclic) bond motifs is 1. The molecule has 0 aliphatic heterocycles. The van der Waals surface area contributed by atoms with Gasteiger partial charge < -0.3 is 9.15 Å². The second-order valence-corrected chi connectivity index (χ2v) is 8.21. The van der Waals surface area contributed by atoms with E-state index in [4.69, 9.17) is 14.1 Å². The summed E-state index contributed by atoms with van der Waals surface area (Å²) in [5, 5.41) is 9.32. The van der Waals surface area contributed by atoms with E-state index in [-0.39, 0.29) is 5.56 Å². The van der Waals surface area contributed by atoms with Crippen LogP contribution in [0.4, 0.5) is 0 Å². The largest absolute Gasteiger partial charge is 0.497 e. The van der Waals surface area contributed by atoms with Gasteiger partial charge in [-0.25, -0.2) is 14.5 Å². The predicted octanol–water partition coefficient (Wildman–Crippen LogP) is 4.44. The molecular formula is C24H19N5O3S. The Bertz CT molecular complexity index is 1480. The molecule has 33 heavy (non-hydrogen) atoms. The number of rotatable bonds is 6. The molecule has 0 radical (unpaired) electrons. The fourth-order valence-electron chi connectivity index (χ4n) is 3.29. The Morgan fingerprint density at radius 2 is 1.85 bits per heavy atom. The molecular weight excluding hydrogens is 438 g/mol. The van der Waals surface area contributed by atoms with E-state index in [9.17, 15) is 4.79 Å². The molecule has 2 aromatic carbocycles. The molecule has 3 aromatic heterocycles. The van der Waals surface area contributed by atoms with E-state index in [1.807, 2.05) is 61.5 Å². The minimum absolute atomic E-state index is 0.177. The Balaban J connectivity index is 1.47. The third-order valence-corrected chi connectivity index (χ3v) is 5.92. The molecule has 8 nitrogen and oxygen atoms in total. The molecule has 0 atom stereocenters. The zero-order chi connectivity index (χ0) is 22.8. The van der Waals surface area contributed by atoms with Crippen LogP contribution in [0.25, 0.3) is 28.2 Å². The third kappa shape index (κ3) is 4.22. The highest BCUT2D eigenvalue weighted by Gasteiger charge is 2.16. The van der Waals surface area contributed by atoms with Gasteiger partial charge in [-0.05, 0) is 55.0 Å². The molecule has 0 unspecified atom stereocenters. The zero-order valence-corrected chi connectivity index (χ0v) is 18.7. The first-order valence-electron chi connectivity index (χ1n) is 10.2. The summed E-state index contributed by atoms with van der Waals surface area (Å²) >= 11 is 1.34. The van der Waals surface area contributed by atoms with Crippen LogP contribution in [0.3, 0.4) is 0 Å². The van der Waals surface area contributed by atoms with Crippen LogP contribution in [0.1, 0.15) is 11.5 Å². The van der Waals surface area contributed by atoms with E-state index in [0.29, 0.717) is 39.4 Å². The third-order valence-electron chi connectivity index (χ3n) is 5.00. The summed E-state index contributed by atoms with van der Waals surface area (Å²) in [6.07, 6.45) is 1.73. The van der Waals surface area contributed by atoms with Gasteiger partial charge in [-0.15, -0.1) is 10.2 Å². The molecule has 3 heterocycles. The van der Waals surface area contributed by atoms with E-state index in [0.717, 1.165) is 16.9 Å². The zero-order valence-electron chi connectivity index (χ0n) is 17.9. The van der Waals surface area contributed by atoms with Gasteiger partial charge in [0.2, 0.25) is 11.8 Å². The lowest BCUT2D eigenvalue weighted by Crippen LogP contribution is -2.22. The summed E-state index contributed by atoms with van der Waals surface area (Å²) in [5.74, 6) is 2.45. The molecule has 0 saturated heterocycles. The second kappa shape index (κ2) is 8.87. The van der Waals surface area contributed by atoms with Gasteiger partial charge in [-0.1, -0.05) is 30.0 Å². The van der Waals surface area contributed by atoms with Gasteiger partial charge in [-0.3, -0.25) is 4.79 Å². The number of aryl methyl sites for hydroxylation is 1. The van der Waals surface area contributed by atoms with Crippen molar-refractivity contribution in [3.8, 4) is 23.0 Å². The maximum Gasteiger partial charge on any atom is 0.267 e. The van der Waals surface area contributed by atoms with Gasteiger partial charge in [-0.2, -0.15) is 0 Å². The van der Waals surface area contributed by atoms with Crippen molar-refractivity contribution in [2.24, 2.45) is 0 Å². The molecule has 0 bridgehead atoms. The van der Waals surface area contributed by atoms with E-state index in [2.05, 4.69) is 15.2 Å². The number of hydrogen-bond donors (Lipinski definition) is 0. The van der Waals surface area contributed by atoms with Gasteiger partial charge in [0.1, 0.15) is 11.6 Å². The van der Waals surface area contributed by atoms with Crippen molar-refractivity contribution in [3.05, 3.63) is 88.7 Å². The highest BCUT2D eigenvalue weighted by molar-refractivity contribution is 7.98. The molecule has 0 aliphatic carbocycles. The van der Waals surface area contributed by atoms with Gasteiger partial charge in [0.25, 0.3) is 5.56 Å². The Morgan fingerprint density at radius 1 is 1.03 bits per heavy atom. The minimum atomic E-state index is -0.177. The van der Waals surface area contributed by atoms with Crippen LogP contribution in [0.15, 0.2) is 81.2 Å². The molecule has 0 spiro atoms. The van der Waals surface area contributed by atoms with Crippen LogP contribution < -0.4 is 10.3 Å². The van der Waals surface area contributed by atoms with Crippen molar-refractivity contribution in [2.45, 2.75) is 17.8 Å². The van der Waals surface area contributed by atoms with Gasteiger partial charge in [0, 0.05) is 11.8 Å². The average Bonchev–Trinajstić information content (AvgIpc) is 3.33. The number of ether oxygens (including phenoxy) is 1. The van der Waals surface area contributed by atoms with Crippen LogP contribution in [0, 0.1) is 6.92 Å². The Labute approximate surface area is 193 Å². The predicted molar refractivity (Wildman–Crippen MR) is 126 cm³/mol. The lowest BCUT2D eigenvalue weighted by atomic mass is 10.2. The number of nitrogens with zero attached hydrogens (tertiary/aromatic N) is 5. The number of hydrogen-bond acceptors (Lipinski definition) is 8. The first-order chi connectivity index (χ1) is 16.1. The van der Waals surface area contributed by atoms with Crippen molar-refractivity contribution in [1.29, 1.82) is 0 Å². The second-order valence-electron chi connectivity index (χ2n) is 7.26. The first-order valence-corrected chi connectivity index (χ1v) is 11.2. The van der Waals surface area contributed by atoms with E-state index >= 15 is 0 Å². The maximum atomic E-state index is 13.3. The van der Waals surface area contributed by atoms with Crippen molar-refractivity contribution < 1.29 is 9.15 Å². The summed E-state index contributed by atoms with van der Waals surface area (Å²) in [6.45, 7) is 1.95. The van der Waals surface area contributed by atoms with Crippen LogP contribution in [-0.2, 0) is 5.75 Å². The highest BCUT2D eigenvalue weighted by Crippen LogP contribution is 2.26. The number of benzene rings is 2. The summed E-state index contributed by atoms with van der Waals surface area (Å²) in [7, 11) is 1.61. The number of pyridine rings is 1. The van der Waals surface area contributed by atoms with E-state index in [1.165, 1.54) is 16.3 Å². The van der Waals surface area contributed by atoms with Crippen LogP contribution in [-0.4, -0.2) is 31.8 Å². The summed E-state index contributed by atoms with van der Waals surface area (Å²) < 4.78 is 12.5. The van der Waals surface area contributed by atoms with Crippen molar-refractivity contribution in [1.82, 2.24) is 24.7 Å². The molecule has 5 aromatic rings. The Morgan fingerprint density at radius 3 is 2.61 bits per heavy atom. The van der Waals surface area contributed by atoms with E-state index < -0.39 is 0 Å². The lowest BCUT2D eigenvalue weighted by molar-refractivity contribution is 0.415. The monoisotopic (exact) mass is 457 g/mol. The number of thioether (sulfide) groups is 1. The molecule has 0 fully saturated rings. The SMILES string of the molecule is COc1ccc(-c2nnc(CSc3nc4ccccc4c(=O)n3-c3ccc(C)cn3)o2)cc1. The molecule has 0 amide bonds. The maximum absolute atomic E-state index is 13.3. The smallest absolute Gasteiger partial charge is 0.267 e. The topological polar surface area (TPSA) is 95.9 Å². The Hall–Kier alpha value is -3.98. The fourth-order valence-corrected chi connectivity index (χ4v) is 4.13. The highest BCUT2D eigenvalue weighted by atomic mass is 32.2. The normalized spacial score (nSPS) is 11.1. The molecule has 5 rings (SSSR count). The van der Waals surface area contributed by atoms with Crippen LogP contribution >= 0.6 is 11.8 Å². The van der Waals surface area contributed by atoms with Gasteiger partial charge in [0.05, 0.1) is 23.8 Å². The van der Waals surface area contributed by atoms with Crippen molar-refractivity contribution in [3.63, 3.8) is 0 Å². The fraction of sp³-hybridized carbons (Fsp3) is 0.125.